The number of hydrogen-bond donors (Lipinski definition) is 1. The summed E-state index contributed by atoms with van der Waals surface area (Å²) in [5, 5.41) is 3.32. The predicted molar refractivity (Wildman–Crippen MR) is 108 cm³/mol. The number of carbonyl (C=O) groups is 2. The summed E-state index contributed by atoms with van der Waals surface area (Å²) in [5.74, 6) is -0.0833. The number of nitrogens with zero attached hydrogens (tertiary/aromatic N) is 3. The molecule has 7 nitrogen and oxygen atoms in total. The molecule has 1 N–H and O–H groups in total. The molecule has 0 saturated carbocycles. The number of pyridine rings is 1. The van der Waals surface area contributed by atoms with Crippen LogP contribution in [0.25, 0.3) is 0 Å². The second-order valence-corrected chi connectivity index (χ2v) is 6.94. The summed E-state index contributed by atoms with van der Waals surface area (Å²) in [5.41, 5.74) is 4.59. The molecule has 0 spiro atoms. The van der Waals surface area contributed by atoms with E-state index in [0.29, 0.717) is 38.3 Å². The average Bonchev–Trinajstić information content (AvgIpc) is 2.67. The summed E-state index contributed by atoms with van der Waals surface area (Å²) in [6.07, 6.45) is 2.95. The van der Waals surface area contributed by atoms with Crippen molar-refractivity contribution in [1.29, 1.82) is 0 Å². The molecule has 7 heteroatoms. The number of amides is 2. The van der Waals surface area contributed by atoms with Crippen molar-refractivity contribution in [3.8, 4) is 0 Å². The van der Waals surface area contributed by atoms with E-state index in [9.17, 15) is 9.59 Å². The number of hydrogen-bond acceptors (Lipinski definition) is 5. The van der Waals surface area contributed by atoms with Crippen LogP contribution in [0.3, 0.4) is 0 Å². The van der Waals surface area contributed by atoms with Gasteiger partial charge >= 0.3 is 6.09 Å². The van der Waals surface area contributed by atoms with Gasteiger partial charge in [-0.05, 0) is 50.1 Å². The van der Waals surface area contributed by atoms with E-state index in [1.807, 2.05) is 19.9 Å². The number of rotatable bonds is 4. The quantitative estimate of drug-likeness (QED) is 0.878. The largest absolute Gasteiger partial charge is 0.450 e. The van der Waals surface area contributed by atoms with Crippen LogP contribution in [0.2, 0.25) is 0 Å². The molecule has 148 valence electrons. The van der Waals surface area contributed by atoms with Crippen LogP contribution in [-0.4, -0.2) is 59.6 Å². The smallest absolute Gasteiger partial charge is 0.409 e. The van der Waals surface area contributed by atoms with E-state index in [4.69, 9.17) is 4.74 Å². The van der Waals surface area contributed by atoms with Crippen molar-refractivity contribution in [1.82, 2.24) is 14.8 Å². The topological polar surface area (TPSA) is 74.8 Å². The molecular formula is C21H26N4O3. The molecule has 1 aliphatic rings. The lowest BCUT2D eigenvalue weighted by atomic mass is 10.1. The van der Waals surface area contributed by atoms with E-state index in [1.165, 1.54) is 11.1 Å². The van der Waals surface area contributed by atoms with E-state index in [0.717, 1.165) is 11.4 Å². The molecule has 1 aliphatic heterocycles. The molecule has 0 radical (unpaired) electrons. The second-order valence-electron chi connectivity index (χ2n) is 6.94. The summed E-state index contributed by atoms with van der Waals surface area (Å²) in [6, 6.07) is 8.02. The van der Waals surface area contributed by atoms with Crippen molar-refractivity contribution < 1.29 is 14.3 Å². The second kappa shape index (κ2) is 8.73. The van der Waals surface area contributed by atoms with Gasteiger partial charge < -0.3 is 19.9 Å². The molecule has 2 aromatic rings. The predicted octanol–water partition coefficient (Wildman–Crippen LogP) is 3.36. The van der Waals surface area contributed by atoms with Crippen LogP contribution in [-0.2, 0) is 4.74 Å². The number of carbonyl (C=O) groups excluding carboxylic acids is 2. The van der Waals surface area contributed by atoms with Gasteiger partial charge in [-0.1, -0.05) is 6.07 Å². The highest BCUT2D eigenvalue weighted by Gasteiger charge is 2.25. The molecule has 1 fully saturated rings. The highest BCUT2D eigenvalue weighted by Crippen LogP contribution is 2.20. The number of ether oxygens (including phenoxy) is 1. The minimum absolute atomic E-state index is 0.0833. The number of aromatic nitrogens is 1. The highest BCUT2D eigenvalue weighted by molar-refractivity contribution is 5.95. The first kappa shape index (κ1) is 19.7. The zero-order valence-electron chi connectivity index (χ0n) is 16.6. The van der Waals surface area contributed by atoms with Gasteiger partial charge in [-0.15, -0.1) is 0 Å². The SMILES string of the molecule is CCOC(=O)N1CCN(C(=O)c2cncc(Nc3cc(C)cc(C)c3)c2)CC1. The van der Waals surface area contributed by atoms with Gasteiger partial charge in [-0.3, -0.25) is 9.78 Å². The number of nitrogens with one attached hydrogen (secondary N) is 1. The Morgan fingerprint density at radius 1 is 0.964 bits per heavy atom. The van der Waals surface area contributed by atoms with Crippen molar-refractivity contribution in [2.75, 3.05) is 38.1 Å². The Labute approximate surface area is 165 Å². The minimum atomic E-state index is -0.323. The maximum absolute atomic E-state index is 12.8. The van der Waals surface area contributed by atoms with Gasteiger partial charge in [0.25, 0.3) is 5.91 Å². The molecule has 1 saturated heterocycles. The fourth-order valence-corrected chi connectivity index (χ4v) is 3.33. The molecule has 0 atom stereocenters. The van der Waals surface area contributed by atoms with Crippen molar-refractivity contribution in [3.05, 3.63) is 53.3 Å². The van der Waals surface area contributed by atoms with Crippen LogP contribution in [0.5, 0.6) is 0 Å². The van der Waals surface area contributed by atoms with Gasteiger partial charge in [-0.25, -0.2) is 4.79 Å². The molecular weight excluding hydrogens is 356 g/mol. The normalized spacial score (nSPS) is 14.0. The van der Waals surface area contributed by atoms with Gasteiger partial charge in [0.1, 0.15) is 0 Å². The molecule has 28 heavy (non-hydrogen) atoms. The van der Waals surface area contributed by atoms with Crippen molar-refractivity contribution >= 4 is 23.4 Å². The summed E-state index contributed by atoms with van der Waals surface area (Å²) < 4.78 is 5.02. The van der Waals surface area contributed by atoms with Crippen molar-refractivity contribution in [2.24, 2.45) is 0 Å². The van der Waals surface area contributed by atoms with Crippen molar-refractivity contribution in [3.63, 3.8) is 0 Å². The van der Waals surface area contributed by atoms with Gasteiger partial charge in [0, 0.05) is 38.1 Å². The molecule has 2 amide bonds. The zero-order valence-corrected chi connectivity index (χ0v) is 16.6. The first-order valence-electron chi connectivity index (χ1n) is 9.47. The third-order valence-electron chi connectivity index (χ3n) is 4.59. The Morgan fingerprint density at radius 3 is 2.25 bits per heavy atom. The number of aryl methyl sites for hydroxylation is 2. The van der Waals surface area contributed by atoms with Gasteiger partial charge in [0.15, 0.2) is 0 Å². The molecule has 0 bridgehead atoms. The number of piperazine rings is 1. The summed E-state index contributed by atoms with van der Waals surface area (Å²) >= 11 is 0. The van der Waals surface area contributed by atoms with Gasteiger partial charge in [0.05, 0.1) is 24.1 Å². The molecule has 0 aliphatic carbocycles. The van der Waals surface area contributed by atoms with Gasteiger partial charge in [0.2, 0.25) is 0 Å². The Kier molecular flexibility index (Phi) is 6.13. The maximum atomic E-state index is 12.8. The first-order valence-corrected chi connectivity index (χ1v) is 9.47. The Balaban J connectivity index is 1.65. The van der Waals surface area contributed by atoms with E-state index in [1.54, 1.807) is 29.1 Å². The van der Waals surface area contributed by atoms with Crippen LogP contribution < -0.4 is 5.32 Å². The molecule has 1 aromatic heterocycles. The van der Waals surface area contributed by atoms with E-state index in [2.05, 4.69) is 28.5 Å². The van der Waals surface area contributed by atoms with Crippen LogP contribution in [0.4, 0.5) is 16.2 Å². The molecule has 0 unspecified atom stereocenters. The van der Waals surface area contributed by atoms with Gasteiger partial charge in [-0.2, -0.15) is 0 Å². The van der Waals surface area contributed by atoms with Crippen LogP contribution in [0.15, 0.2) is 36.7 Å². The number of anilines is 2. The maximum Gasteiger partial charge on any atom is 0.409 e. The highest BCUT2D eigenvalue weighted by atomic mass is 16.6. The lowest BCUT2D eigenvalue weighted by molar-refractivity contribution is 0.0570. The minimum Gasteiger partial charge on any atom is -0.450 e. The van der Waals surface area contributed by atoms with Crippen molar-refractivity contribution in [2.45, 2.75) is 20.8 Å². The Bertz CT molecular complexity index is 840. The standard InChI is InChI=1S/C21H26N4O3/c1-4-28-21(27)25-7-5-24(6-8-25)20(26)17-12-19(14-22-13-17)23-18-10-15(2)9-16(3)11-18/h9-14,23H,4-8H2,1-3H3. The summed E-state index contributed by atoms with van der Waals surface area (Å²) in [6.45, 7) is 8.13. The summed E-state index contributed by atoms with van der Waals surface area (Å²) in [4.78, 5) is 32.2. The van der Waals surface area contributed by atoms with E-state index in [-0.39, 0.29) is 12.0 Å². The summed E-state index contributed by atoms with van der Waals surface area (Å²) in [7, 11) is 0. The lowest BCUT2D eigenvalue weighted by Crippen LogP contribution is -2.50. The third-order valence-corrected chi connectivity index (χ3v) is 4.59. The van der Waals surface area contributed by atoms with Crippen LogP contribution in [0.1, 0.15) is 28.4 Å². The lowest BCUT2D eigenvalue weighted by Gasteiger charge is -2.34. The average molecular weight is 382 g/mol. The number of benzene rings is 1. The Hall–Kier alpha value is -3.09. The monoisotopic (exact) mass is 382 g/mol. The van der Waals surface area contributed by atoms with Crippen LogP contribution in [0, 0.1) is 13.8 Å². The van der Waals surface area contributed by atoms with Crippen LogP contribution >= 0.6 is 0 Å². The fraction of sp³-hybridized carbons (Fsp3) is 0.381. The fourth-order valence-electron chi connectivity index (χ4n) is 3.33. The first-order chi connectivity index (χ1) is 13.5. The molecule has 1 aromatic carbocycles. The Morgan fingerprint density at radius 2 is 1.61 bits per heavy atom. The zero-order chi connectivity index (χ0) is 20.1. The molecule has 2 heterocycles. The molecule has 3 rings (SSSR count). The third kappa shape index (κ3) is 4.79. The van der Waals surface area contributed by atoms with E-state index >= 15 is 0 Å². The van der Waals surface area contributed by atoms with E-state index < -0.39 is 0 Å².